The van der Waals surface area contributed by atoms with Crippen LogP contribution in [0.3, 0.4) is 0 Å². The Bertz CT molecular complexity index is 1030. The molecule has 0 spiro atoms. The molecule has 0 aromatic rings. The number of fused-ring (bicyclic) bond motifs is 5. The molecule has 9 nitrogen and oxygen atoms in total. The Morgan fingerprint density at radius 1 is 1.02 bits per heavy atom. The van der Waals surface area contributed by atoms with Crippen LogP contribution in [0.1, 0.15) is 71.6 Å². The smallest absolute Gasteiger partial charge is 0.331 e. The summed E-state index contributed by atoms with van der Waals surface area (Å²) in [6, 6.07) is -0.0957. The number of halogens is 1. The summed E-state index contributed by atoms with van der Waals surface area (Å²) in [6.45, 7) is 3.99. The third kappa shape index (κ3) is 4.07. The molecule has 0 radical (unpaired) electrons. The Balaban J connectivity index is 1.19. The third-order valence-corrected chi connectivity index (χ3v) is 12.6. The molecule has 0 bridgehead atoms. The Morgan fingerprint density at radius 2 is 1.80 bits per heavy atom. The van der Waals surface area contributed by atoms with E-state index in [1.165, 1.54) is 7.11 Å². The van der Waals surface area contributed by atoms with Crippen molar-refractivity contribution in [2.24, 2.45) is 34.5 Å². The number of hydrogen-bond donors (Lipinski definition) is 4. The highest BCUT2D eigenvalue weighted by Gasteiger charge is 2.68. The minimum Gasteiger partial charge on any atom is -0.458 e. The molecule has 6 aliphatic rings. The molecule has 10 heteroatoms. The number of hydrogen-bond acceptors (Lipinski definition) is 9. The number of aliphatic hydroxyl groups excluding tert-OH is 3. The molecule has 13 atom stereocenters. The topological polar surface area (TPSA) is 129 Å². The monoisotopic (exact) mass is 567 g/mol. The maximum absolute atomic E-state index is 13.5. The molecule has 0 aromatic heterocycles. The second-order valence-electron chi connectivity index (χ2n) is 14.0. The number of nitrogens with zero attached hydrogens (tertiary/aromatic N) is 1. The van der Waals surface area contributed by atoms with Gasteiger partial charge in [0.25, 0.3) is 0 Å². The first kappa shape index (κ1) is 29.0. The average Bonchev–Trinajstić information content (AvgIpc) is 3.48. The van der Waals surface area contributed by atoms with Crippen molar-refractivity contribution in [2.75, 3.05) is 20.4 Å². The van der Waals surface area contributed by atoms with Crippen molar-refractivity contribution in [3.8, 4) is 0 Å². The van der Waals surface area contributed by atoms with E-state index in [2.05, 4.69) is 13.8 Å². The van der Waals surface area contributed by atoms with Crippen molar-refractivity contribution in [3.63, 3.8) is 0 Å². The van der Waals surface area contributed by atoms with Crippen LogP contribution in [-0.2, 0) is 19.1 Å². The second-order valence-corrected chi connectivity index (χ2v) is 14.0. The summed E-state index contributed by atoms with van der Waals surface area (Å²) < 4.78 is 24.5. The van der Waals surface area contributed by atoms with Crippen molar-refractivity contribution in [1.82, 2.24) is 5.06 Å². The largest absolute Gasteiger partial charge is 0.458 e. The van der Waals surface area contributed by atoms with E-state index in [9.17, 15) is 29.6 Å². The van der Waals surface area contributed by atoms with Crippen LogP contribution >= 0.6 is 0 Å². The maximum atomic E-state index is 13.5. The number of hydroxylamine groups is 2. The lowest BCUT2D eigenvalue weighted by Gasteiger charge is -2.64. The van der Waals surface area contributed by atoms with E-state index >= 15 is 0 Å². The van der Waals surface area contributed by atoms with E-state index < -0.39 is 42.9 Å². The van der Waals surface area contributed by atoms with E-state index in [4.69, 9.17) is 14.3 Å². The van der Waals surface area contributed by atoms with Crippen molar-refractivity contribution < 1.29 is 43.9 Å². The summed E-state index contributed by atoms with van der Waals surface area (Å²) in [7, 11) is 1.50. The fraction of sp³-hybridized carbons (Fsp3) is 0.900. The molecular weight excluding hydrogens is 521 g/mol. The summed E-state index contributed by atoms with van der Waals surface area (Å²) in [5.74, 6) is 0.878. The summed E-state index contributed by atoms with van der Waals surface area (Å²) >= 11 is 0. The number of rotatable bonds is 5. The molecule has 4 saturated carbocycles. The van der Waals surface area contributed by atoms with E-state index in [0.717, 1.165) is 63.4 Å². The van der Waals surface area contributed by atoms with Crippen molar-refractivity contribution in [3.05, 3.63) is 11.6 Å². The van der Waals surface area contributed by atoms with E-state index in [0.29, 0.717) is 18.4 Å². The van der Waals surface area contributed by atoms with E-state index in [1.54, 1.807) is 11.1 Å². The highest BCUT2D eigenvalue weighted by molar-refractivity contribution is 5.85. The minimum absolute atomic E-state index is 0.0445. The van der Waals surface area contributed by atoms with E-state index in [-0.39, 0.29) is 34.7 Å². The van der Waals surface area contributed by atoms with Gasteiger partial charge in [-0.05, 0) is 92.4 Å². The highest BCUT2D eigenvalue weighted by Crippen LogP contribution is 2.70. The summed E-state index contributed by atoms with van der Waals surface area (Å²) in [5.41, 5.74) is 0.0490. The zero-order valence-corrected chi connectivity index (χ0v) is 23.9. The summed E-state index contributed by atoms with van der Waals surface area (Å²) in [6.07, 6.45) is 2.89. The first-order valence-corrected chi connectivity index (χ1v) is 15.2. The fourth-order valence-corrected chi connectivity index (χ4v) is 10.3. The quantitative estimate of drug-likeness (QED) is 0.292. The van der Waals surface area contributed by atoms with Gasteiger partial charge in [0.2, 0.25) is 0 Å². The Labute approximate surface area is 235 Å². The van der Waals surface area contributed by atoms with Crippen LogP contribution < -0.4 is 0 Å². The van der Waals surface area contributed by atoms with Gasteiger partial charge in [-0.1, -0.05) is 13.8 Å². The lowest BCUT2D eigenvalue weighted by Crippen LogP contribution is -2.66. The number of cyclic esters (lactones) is 1. The molecular formula is C30H46FNO8. The Kier molecular flexibility index (Phi) is 7.42. The van der Waals surface area contributed by atoms with Crippen molar-refractivity contribution >= 4 is 5.97 Å². The number of aliphatic hydroxyl groups is 4. The minimum atomic E-state index is -1.53. The molecule has 6 rings (SSSR count). The highest BCUT2D eigenvalue weighted by atomic mass is 19.1. The van der Waals surface area contributed by atoms with Crippen LogP contribution in [0.4, 0.5) is 4.39 Å². The van der Waals surface area contributed by atoms with Crippen molar-refractivity contribution in [1.29, 1.82) is 0 Å². The zero-order chi connectivity index (χ0) is 28.6. The van der Waals surface area contributed by atoms with Gasteiger partial charge in [-0.2, -0.15) is 5.06 Å². The molecule has 5 fully saturated rings. The van der Waals surface area contributed by atoms with Gasteiger partial charge in [0.15, 0.2) is 6.23 Å². The molecule has 0 aromatic carbocycles. The lowest BCUT2D eigenvalue weighted by molar-refractivity contribution is -0.343. The number of ether oxygens (including phenoxy) is 2. The SMILES string of the molecule is CON(C1O[C@H](CF)[C@@H](O)[C@H](O)[C@H]1O)[C@H]1CC[C@@]2(C)C(CCC3C2CC[C@]2(C)[C@@H](C4=CC(=O)OC4)CC[C@]32O)C1. The van der Waals surface area contributed by atoms with Crippen LogP contribution in [0.2, 0.25) is 0 Å². The van der Waals surface area contributed by atoms with E-state index in [1.807, 2.05) is 0 Å². The molecule has 2 heterocycles. The average molecular weight is 568 g/mol. The van der Waals surface area contributed by atoms with Gasteiger partial charge in [0.1, 0.15) is 37.7 Å². The van der Waals surface area contributed by atoms with Gasteiger partial charge in [-0.15, -0.1) is 0 Å². The zero-order valence-electron chi connectivity index (χ0n) is 23.9. The number of esters is 1. The van der Waals surface area contributed by atoms with Crippen LogP contribution in [-0.4, -0.2) is 94.1 Å². The molecule has 2 aliphatic heterocycles. The molecule has 40 heavy (non-hydrogen) atoms. The number of alkyl halides is 1. The van der Waals surface area contributed by atoms with Gasteiger partial charge in [-0.25, -0.2) is 9.18 Å². The van der Waals surface area contributed by atoms with Gasteiger partial charge in [-0.3, -0.25) is 4.84 Å². The van der Waals surface area contributed by atoms with Crippen LogP contribution in [0.15, 0.2) is 11.6 Å². The summed E-state index contributed by atoms with van der Waals surface area (Å²) in [4.78, 5) is 17.5. The predicted octanol–water partition coefficient (Wildman–Crippen LogP) is 2.25. The van der Waals surface area contributed by atoms with Gasteiger partial charge >= 0.3 is 5.97 Å². The maximum Gasteiger partial charge on any atom is 0.331 e. The molecule has 4 N–H and O–H groups in total. The van der Waals surface area contributed by atoms with Crippen molar-refractivity contribution in [2.45, 2.75) is 114 Å². The second kappa shape index (κ2) is 10.2. The molecule has 4 unspecified atom stereocenters. The molecule has 4 aliphatic carbocycles. The Hall–Kier alpha value is -1.14. The molecule has 1 saturated heterocycles. The van der Waals surface area contributed by atoms with Crippen LogP contribution in [0.5, 0.6) is 0 Å². The van der Waals surface area contributed by atoms with Gasteiger partial charge in [0, 0.05) is 17.5 Å². The van der Waals surface area contributed by atoms with Gasteiger partial charge < -0.3 is 29.9 Å². The normalized spacial score (nSPS) is 52.5. The molecule has 0 amide bonds. The Morgan fingerprint density at radius 3 is 2.48 bits per heavy atom. The lowest BCUT2D eigenvalue weighted by atomic mass is 9.43. The van der Waals surface area contributed by atoms with Crippen LogP contribution in [0, 0.1) is 34.5 Å². The third-order valence-electron chi connectivity index (χ3n) is 12.6. The van der Waals surface area contributed by atoms with Gasteiger partial charge in [0.05, 0.1) is 12.7 Å². The summed E-state index contributed by atoms with van der Waals surface area (Å²) in [5, 5.41) is 45.2. The number of carbonyl (C=O) groups excluding carboxylic acids is 1. The van der Waals surface area contributed by atoms with Crippen LogP contribution in [0.25, 0.3) is 0 Å². The predicted molar refractivity (Wildman–Crippen MR) is 141 cm³/mol. The first-order valence-electron chi connectivity index (χ1n) is 15.2. The fourth-order valence-electron chi connectivity index (χ4n) is 10.3. The standard InChI is InChI=1S/C30H46FNO8/c1-28-9-6-18(32(38-3)27-26(36)25(35)24(34)22(14-31)40-27)13-17(28)4-5-21-20(28)7-10-29(2)19(8-11-30(21,29)37)16-12-23(33)39-15-16/h12,17-22,24-27,34-37H,4-11,13-15H2,1-3H3/t17?,18-,19+,20?,21?,22+,24+,25-,26+,27?,28-,29+,30-/m0/s1. The molecule has 226 valence electrons. The number of carbonyl (C=O) groups is 1. The first-order chi connectivity index (χ1) is 19.0.